The molecule has 5 aliphatic carbocycles. The van der Waals surface area contributed by atoms with E-state index in [0.29, 0.717) is 19.3 Å². The van der Waals surface area contributed by atoms with Crippen molar-refractivity contribution in [1.82, 2.24) is 0 Å². The molecule has 6 rings (SSSR count). The molecule has 0 radical (unpaired) electrons. The molecule has 8 nitrogen and oxygen atoms in total. The highest BCUT2D eigenvalue weighted by Gasteiger charge is 2.70. The van der Waals surface area contributed by atoms with Gasteiger partial charge in [0.2, 0.25) is 0 Å². The van der Waals surface area contributed by atoms with E-state index in [1.165, 1.54) is 0 Å². The average molecular weight is 620 g/mol. The van der Waals surface area contributed by atoms with Crippen LogP contribution in [0, 0.1) is 69.0 Å². The largest absolute Gasteiger partial charge is 0.519 e. The highest BCUT2D eigenvalue weighted by atomic mass is 16.6. The van der Waals surface area contributed by atoms with Gasteiger partial charge >= 0.3 is 11.8 Å². The van der Waals surface area contributed by atoms with Crippen LogP contribution in [0.4, 0.5) is 0 Å². The van der Waals surface area contributed by atoms with Gasteiger partial charge in [0.25, 0.3) is 0 Å². The van der Waals surface area contributed by atoms with Crippen LogP contribution in [0.5, 0.6) is 0 Å². The van der Waals surface area contributed by atoms with Crippen LogP contribution in [-0.4, -0.2) is 17.5 Å². The third-order valence-electron chi connectivity index (χ3n) is 13.1. The van der Waals surface area contributed by atoms with Crippen LogP contribution in [-0.2, 0) is 25.7 Å². The summed E-state index contributed by atoms with van der Waals surface area (Å²) in [6.45, 7) is 18.4. The van der Waals surface area contributed by atoms with Crippen molar-refractivity contribution >= 4 is 17.5 Å². The molecule has 0 saturated heterocycles. The van der Waals surface area contributed by atoms with Gasteiger partial charge in [-0.2, -0.15) is 5.26 Å². The second-order valence-electron chi connectivity index (χ2n) is 15.6. The van der Waals surface area contributed by atoms with E-state index in [1.54, 1.807) is 6.92 Å². The Labute approximate surface area is 266 Å². The lowest BCUT2D eigenvalue weighted by molar-refractivity contribution is -0.193. The Hall–Kier alpha value is -3.21. The molecule has 45 heavy (non-hydrogen) atoms. The van der Waals surface area contributed by atoms with Gasteiger partial charge in [0.1, 0.15) is 6.07 Å². The number of nitriles is 1. The van der Waals surface area contributed by atoms with Crippen molar-refractivity contribution in [2.75, 3.05) is 0 Å². The zero-order valence-electron chi connectivity index (χ0n) is 28.4. The molecule has 3 saturated carbocycles. The maximum atomic E-state index is 14.6. The van der Waals surface area contributed by atoms with Crippen molar-refractivity contribution in [1.29, 1.82) is 5.26 Å². The van der Waals surface area contributed by atoms with Gasteiger partial charge in [-0.1, -0.05) is 67.0 Å². The molecule has 3 fully saturated rings. The molecule has 0 aromatic carbocycles. The van der Waals surface area contributed by atoms with Gasteiger partial charge in [0, 0.05) is 17.3 Å². The van der Waals surface area contributed by atoms with Gasteiger partial charge < -0.3 is 13.6 Å². The first-order valence-corrected chi connectivity index (χ1v) is 16.7. The molecule has 0 spiro atoms. The van der Waals surface area contributed by atoms with E-state index in [9.17, 15) is 24.4 Å². The van der Waals surface area contributed by atoms with Crippen molar-refractivity contribution in [3.63, 3.8) is 0 Å². The van der Waals surface area contributed by atoms with Crippen molar-refractivity contribution in [3.05, 3.63) is 45.4 Å². The fourth-order valence-electron chi connectivity index (χ4n) is 10.4. The molecule has 0 aliphatic heterocycles. The maximum Gasteiger partial charge on any atom is 0.519 e. The lowest BCUT2D eigenvalue weighted by atomic mass is 9.35. The molecule has 0 bridgehead atoms. The first-order valence-electron chi connectivity index (χ1n) is 16.7. The molecular weight excluding hydrogens is 570 g/mol. The third kappa shape index (κ3) is 4.66. The summed E-state index contributed by atoms with van der Waals surface area (Å²) in [6.07, 6.45) is 8.90. The zero-order chi connectivity index (χ0) is 33.3. The Bertz CT molecular complexity index is 1580. The van der Waals surface area contributed by atoms with E-state index in [2.05, 4.69) is 40.7 Å². The van der Waals surface area contributed by atoms with E-state index >= 15 is 0 Å². The third-order valence-corrected chi connectivity index (χ3v) is 13.1. The minimum absolute atomic E-state index is 0.0297. The number of aryl methyl sites for hydroxylation is 1. The number of ether oxygens (including phenoxy) is 1. The normalized spacial score (nSPS) is 39.7. The number of carbonyl (C=O) groups is 3. The topological polar surface area (TPSA) is 128 Å². The number of hydrogen-bond acceptors (Lipinski definition) is 8. The second kappa shape index (κ2) is 11.0. The van der Waals surface area contributed by atoms with Crippen LogP contribution in [0.25, 0.3) is 0 Å². The highest BCUT2D eigenvalue weighted by Crippen LogP contribution is 2.74. The van der Waals surface area contributed by atoms with Crippen LogP contribution in [0.15, 0.2) is 36.9 Å². The van der Waals surface area contributed by atoms with E-state index in [4.69, 9.17) is 13.6 Å². The van der Waals surface area contributed by atoms with Gasteiger partial charge in [-0.05, 0) is 86.0 Å². The van der Waals surface area contributed by atoms with Crippen LogP contribution in [0.3, 0.4) is 0 Å². The van der Waals surface area contributed by atoms with Gasteiger partial charge in [0.15, 0.2) is 29.7 Å². The van der Waals surface area contributed by atoms with Crippen LogP contribution < -0.4 is 5.82 Å². The molecule has 8 atom stereocenters. The average Bonchev–Trinajstić information content (AvgIpc) is 3.32. The summed E-state index contributed by atoms with van der Waals surface area (Å²) in [5, 5.41) is 9.83. The van der Waals surface area contributed by atoms with Crippen molar-refractivity contribution in [3.8, 4) is 6.07 Å². The number of Topliss-reactive ketones (excluding diaryl/α,β-unsaturated/α-hetero) is 1. The first-order chi connectivity index (χ1) is 21.0. The summed E-state index contributed by atoms with van der Waals surface area (Å²) in [4.78, 5) is 53.2. The molecule has 1 aromatic rings. The number of fused-ring (bicyclic) bond motifs is 7. The Morgan fingerprint density at radius 1 is 1.00 bits per heavy atom. The second-order valence-corrected chi connectivity index (χ2v) is 15.6. The molecule has 8 heteroatoms. The maximum absolute atomic E-state index is 14.6. The van der Waals surface area contributed by atoms with E-state index in [0.717, 1.165) is 31.3 Å². The van der Waals surface area contributed by atoms with E-state index in [1.807, 2.05) is 32.9 Å². The predicted octanol–water partition coefficient (Wildman–Crippen LogP) is 7.44. The number of nitrogens with zero attached hydrogens (tertiary/aromatic N) is 1. The van der Waals surface area contributed by atoms with Crippen LogP contribution >= 0.6 is 0 Å². The Morgan fingerprint density at radius 2 is 1.67 bits per heavy atom. The standard InChI is InChI=1S/C35H43NO7.C2H6/c1-19-22-8-9-33(6)26(32(22,5)15-21(17-36)28(19)38)14-24(37)27-23-16-31(3,4)10-12-35(23,13-11-34(27,33)7)29(39)41-18-25-20(2)42-30(40)43-25;1-2/h14-15,19,22-23,27H,8-13,16,18H2,1-7H3;1-2H3/t19-,22?,23?,27?,32+,33-,34?,35+;/m1./s1. The van der Waals surface area contributed by atoms with Crippen LogP contribution in [0.1, 0.15) is 112 Å². The van der Waals surface area contributed by atoms with Gasteiger partial charge in [-0.15, -0.1) is 0 Å². The molecule has 1 aromatic heterocycles. The molecule has 244 valence electrons. The fraction of sp³-hybridized carbons (Fsp3) is 0.703. The molecule has 5 aliphatic rings. The van der Waals surface area contributed by atoms with E-state index in [-0.39, 0.29) is 75.7 Å². The minimum atomic E-state index is -0.826. The number of esters is 1. The van der Waals surface area contributed by atoms with Crippen molar-refractivity contribution < 1.29 is 28.0 Å². The fourth-order valence-corrected chi connectivity index (χ4v) is 10.4. The van der Waals surface area contributed by atoms with Gasteiger partial charge in [-0.25, -0.2) is 4.79 Å². The van der Waals surface area contributed by atoms with Gasteiger partial charge in [0.05, 0.1) is 11.0 Å². The van der Waals surface area contributed by atoms with E-state index < -0.39 is 22.1 Å². The molecule has 1 heterocycles. The number of ketones is 2. The predicted molar refractivity (Wildman–Crippen MR) is 167 cm³/mol. The Balaban J connectivity index is 0.00000196. The molecule has 4 unspecified atom stereocenters. The quantitative estimate of drug-likeness (QED) is 0.319. The Morgan fingerprint density at radius 3 is 2.29 bits per heavy atom. The van der Waals surface area contributed by atoms with Crippen LogP contribution in [0.2, 0.25) is 0 Å². The molecule has 0 N–H and O–H groups in total. The number of allylic oxidation sites excluding steroid dienone is 4. The summed E-state index contributed by atoms with van der Waals surface area (Å²) in [5.41, 5.74) is -0.941. The van der Waals surface area contributed by atoms with Crippen molar-refractivity contribution in [2.45, 2.75) is 114 Å². The van der Waals surface area contributed by atoms with Crippen molar-refractivity contribution in [2.24, 2.45) is 50.7 Å². The smallest absolute Gasteiger partial charge is 0.457 e. The SMILES string of the molecule is CC.Cc1oc(=O)oc1COC(=O)[C@]12CCC(C)(C)CC1C1C(=O)C=C3[C@@]4(C)C=C(C#N)C(=O)[C@H](C)C4CC[C@@]3(C)C1(C)CC2. The lowest BCUT2D eigenvalue weighted by Gasteiger charge is -2.68. The minimum Gasteiger partial charge on any atom is -0.457 e. The summed E-state index contributed by atoms with van der Waals surface area (Å²) < 4.78 is 15.9. The molecular formula is C37H49NO7. The summed E-state index contributed by atoms with van der Waals surface area (Å²) in [7, 11) is 0. The highest BCUT2D eigenvalue weighted by molar-refractivity contribution is 6.02. The number of carbonyl (C=O) groups excluding carboxylic acids is 3. The first kappa shape index (κ1) is 33.2. The molecule has 0 amide bonds. The zero-order valence-corrected chi connectivity index (χ0v) is 28.4. The Kier molecular flexibility index (Phi) is 8.07. The summed E-state index contributed by atoms with van der Waals surface area (Å²) >= 11 is 0. The summed E-state index contributed by atoms with van der Waals surface area (Å²) in [6, 6.07) is 2.14. The number of hydrogen-bond donors (Lipinski definition) is 0. The number of rotatable bonds is 3. The lowest BCUT2D eigenvalue weighted by Crippen LogP contribution is -2.65. The van der Waals surface area contributed by atoms with Gasteiger partial charge in [-0.3, -0.25) is 14.4 Å². The monoisotopic (exact) mass is 619 g/mol. The summed E-state index contributed by atoms with van der Waals surface area (Å²) in [5.74, 6) is -1.54.